The Kier molecular flexibility index (Phi) is 4.89. The van der Waals surface area contributed by atoms with Crippen molar-refractivity contribution in [3.63, 3.8) is 0 Å². The van der Waals surface area contributed by atoms with Crippen molar-refractivity contribution in [3.05, 3.63) is 58.9 Å². The minimum atomic E-state index is -0.216. The molecule has 27 heavy (non-hydrogen) atoms. The summed E-state index contributed by atoms with van der Waals surface area (Å²) >= 11 is 6.12. The van der Waals surface area contributed by atoms with Crippen molar-refractivity contribution >= 4 is 34.2 Å². The van der Waals surface area contributed by atoms with Crippen LogP contribution in [0.5, 0.6) is 0 Å². The molecule has 0 aliphatic carbocycles. The second-order valence-corrected chi connectivity index (χ2v) is 7.85. The molecule has 0 radical (unpaired) electrons. The molecule has 0 bridgehead atoms. The molecule has 1 N–H and O–H groups in total. The molecule has 5 nitrogen and oxygen atoms in total. The summed E-state index contributed by atoms with van der Waals surface area (Å²) in [5.41, 5.74) is 3.22. The monoisotopic (exact) mass is 382 g/mol. The first-order chi connectivity index (χ1) is 13.0. The number of hydrogen-bond donors (Lipinski definition) is 1. The van der Waals surface area contributed by atoms with E-state index in [0.29, 0.717) is 16.5 Å². The predicted molar refractivity (Wildman–Crippen MR) is 109 cm³/mol. The van der Waals surface area contributed by atoms with Crippen molar-refractivity contribution in [2.24, 2.45) is 5.92 Å². The number of fused-ring (bicyclic) bond motifs is 3. The molecule has 140 valence electrons. The van der Waals surface area contributed by atoms with Crippen LogP contribution < -0.4 is 5.32 Å². The maximum absolute atomic E-state index is 12.5. The van der Waals surface area contributed by atoms with Gasteiger partial charge in [-0.25, -0.2) is 4.98 Å². The Bertz CT molecular complexity index is 995. The van der Waals surface area contributed by atoms with Crippen LogP contribution >= 0.6 is 11.6 Å². The third-order valence-corrected chi connectivity index (χ3v) is 5.16. The second kappa shape index (κ2) is 7.33. The van der Waals surface area contributed by atoms with E-state index in [0.717, 1.165) is 48.7 Å². The number of amides is 1. The van der Waals surface area contributed by atoms with E-state index in [1.165, 1.54) is 0 Å². The van der Waals surface area contributed by atoms with Gasteiger partial charge in [0, 0.05) is 25.3 Å². The van der Waals surface area contributed by atoms with Gasteiger partial charge in [0.2, 0.25) is 0 Å². The van der Waals surface area contributed by atoms with Crippen LogP contribution in [0, 0.1) is 5.92 Å². The summed E-state index contributed by atoms with van der Waals surface area (Å²) < 4.78 is 2.28. The Labute approximate surface area is 163 Å². The molecule has 1 aromatic heterocycles. The average Bonchev–Trinajstić information content (AvgIpc) is 2.98. The van der Waals surface area contributed by atoms with Crippen LogP contribution in [0.3, 0.4) is 0 Å². The Morgan fingerprint density at radius 3 is 2.81 bits per heavy atom. The van der Waals surface area contributed by atoms with Crippen molar-refractivity contribution in [1.29, 1.82) is 0 Å². The standard InChI is InChI=1S/C21H23ClN4O/c1-14(2)12-25-9-10-26-19-8-7-15(11-18(19)24-20(26)13-25)23-21(27)16-5-3-4-6-17(16)22/h3-8,11,14H,9-10,12-13H2,1-2H3,(H,23,27). The van der Waals surface area contributed by atoms with E-state index in [2.05, 4.69) is 28.6 Å². The molecule has 1 aliphatic rings. The summed E-state index contributed by atoms with van der Waals surface area (Å²) in [7, 11) is 0. The first kappa shape index (κ1) is 18.0. The second-order valence-electron chi connectivity index (χ2n) is 7.45. The minimum Gasteiger partial charge on any atom is -0.326 e. The smallest absolute Gasteiger partial charge is 0.257 e. The molecule has 1 aliphatic heterocycles. The lowest BCUT2D eigenvalue weighted by Crippen LogP contribution is -2.36. The summed E-state index contributed by atoms with van der Waals surface area (Å²) in [6.45, 7) is 8.43. The highest BCUT2D eigenvalue weighted by Crippen LogP contribution is 2.25. The minimum absolute atomic E-state index is 0.216. The Morgan fingerprint density at radius 2 is 2.04 bits per heavy atom. The zero-order chi connectivity index (χ0) is 19.0. The number of rotatable bonds is 4. The topological polar surface area (TPSA) is 50.2 Å². The molecule has 2 heterocycles. The molecule has 0 spiro atoms. The van der Waals surface area contributed by atoms with E-state index in [4.69, 9.17) is 16.6 Å². The van der Waals surface area contributed by atoms with Crippen LogP contribution in [-0.4, -0.2) is 33.4 Å². The number of hydrogen-bond acceptors (Lipinski definition) is 3. The van der Waals surface area contributed by atoms with Gasteiger partial charge in [0.05, 0.1) is 28.2 Å². The number of nitrogens with one attached hydrogen (secondary N) is 1. The van der Waals surface area contributed by atoms with Crippen molar-refractivity contribution < 1.29 is 4.79 Å². The van der Waals surface area contributed by atoms with E-state index >= 15 is 0 Å². The van der Waals surface area contributed by atoms with Crippen molar-refractivity contribution in [1.82, 2.24) is 14.5 Å². The highest BCUT2D eigenvalue weighted by molar-refractivity contribution is 6.34. The number of benzene rings is 2. The third kappa shape index (κ3) is 3.70. The molecule has 0 atom stereocenters. The predicted octanol–water partition coefficient (Wildman–Crippen LogP) is 4.41. The van der Waals surface area contributed by atoms with Gasteiger partial charge >= 0.3 is 0 Å². The Hall–Kier alpha value is -2.37. The number of aromatic nitrogens is 2. The maximum atomic E-state index is 12.5. The van der Waals surface area contributed by atoms with Crippen LogP contribution in [0.4, 0.5) is 5.69 Å². The highest BCUT2D eigenvalue weighted by Gasteiger charge is 2.21. The van der Waals surface area contributed by atoms with Gasteiger partial charge < -0.3 is 9.88 Å². The number of carbonyl (C=O) groups excluding carboxylic acids is 1. The summed E-state index contributed by atoms with van der Waals surface area (Å²) in [4.78, 5) is 19.7. The van der Waals surface area contributed by atoms with Crippen LogP contribution in [0.25, 0.3) is 11.0 Å². The van der Waals surface area contributed by atoms with Crippen molar-refractivity contribution in [2.45, 2.75) is 26.9 Å². The third-order valence-electron chi connectivity index (χ3n) is 4.83. The lowest BCUT2D eigenvalue weighted by atomic mass is 10.2. The van der Waals surface area contributed by atoms with Gasteiger partial charge in [-0.3, -0.25) is 9.69 Å². The number of carbonyl (C=O) groups is 1. The van der Waals surface area contributed by atoms with Crippen molar-refractivity contribution in [3.8, 4) is 0 Å². The summed E-state index contributed by atoms with van der Waals surface area (Å²) in [6, 6.07) is 12.9. The van der Waals surface area contributed by atoms with E-state index in [1.807, 2.05) is 24.3 Å². The fraction of sp³-hybridized carbons (Fsp3) is 0.333. The van der Waals surface area contributed by atoms with Gasteiger partial charge in [0.25, 0.3) is 5.91 Å². The summed E-state index contributed by atoms with van der Waals surface area (Å²) in [5.74, 6) is 1.52. The summed E-state index contributed by atoms with van der Waals surface area (Å²) in [5, 5.41) is 3.37. The van der Waals surface area contributed by atoms with Gasteiger partial charge in [0.1, 0.15) is 5.82 Å². The SMILES string of the molecule is CC(C)CN1CCn2c(nc3cc(NC(=O)c4ccccc4Cl)ccc32)C1. The van der Waals surface area contributed by atoms with Crippen LogP contribution in [0.2, 0.25) is 5.02 Å². The quantitative estimate of drug-likeness (QED) is 0.726. The molecular weight excluding hydrogens is 360 g/mol. The number of anilines is 1. The van der Waals surface area contributed by atoms with E-state index in [1.54, 1.807) is 18.2 Å². The molecule has 3 aromatic rings. The normalized spacial score (nSPS) is 14.5. The van der Waals surface area contributed by atoms with Gasteiger partial charge in [-0.05, 0) is 36.2 Å². The first-order valence-corrected chi connectivity index (χ1v) is 9.66. The van der Waals surface area contributed by atoms with Gasteiger partial charge in [-0.1, -0.05) is 37.6 Å². The zero-order valence-electron chi connectivity index (χ0n) is 15.6. The Balaban J connectivity index is 1.57. The van der Waals surface area contributed by atoms with Gasteiger partial charge in [0.15, 0.2) is 0 Å². The lowest BCUT2D eigenvalue weighted by molar-refractivity contribution is 0.102. The molecule has 0 fully saturated rings. The van der Waals surface area contributed by atoms with Gasteiger partial charge in [-0.15, -0.1) is 0 Å². The maximum Gasteiger partial charge on any atom is 0.257 e. The number of nitrogens with zero attached hydrogens (tertiary/aromatic N) is 3. The molecule has 2 aromatic carbocycles. The largest absolute Gasteiger partial charge is 0.326 e. The number of imidazole rings is 1. The molecule has 6 heteroatoms. The zero-order valence-corrected chi connectivity index (χ0v) is 16.3. The number of halogens is 1. The molecule has 0 saturated heterocycles. The lowest BCUT2D eigenvalue weighted by Gasteiger charge is -2.29. The Morgan fingerprint density at radius 1 is 1.22 bits per heavy atom. The molecule has 4 rings (SSSR count). The molecular formula is C21H23ClN4O. The van der Waals surface area contributed by atoms with E-state index < -0.39 is 0 Å². The molecule has 0 unspecified atom stereocenters. The van der Waals surface area contributed by atoms with Crippen molar-refractivity contribution in [2.75, 3.05) is 18.4 Å². The van der Waals surface area contributed by atoms with Crippen LogP contribution in [-0.2, 0) is 13.1 Å². The van der Waals surface area contributed by atoms with Crippen LogP contribution in [0.1, 0.15) is 30.0 Å². The van der Waals surface area contributed by atoms with Gasteiger partial charge in [-0.2, -0.15) is 0 Å². The molecule has 1 amide bonds. The van der Waals surface area contributed by atoms with Crippen LogP contribution in [0.15, 0.2) is 42.5 Å². The highest BCUT2D eigenvalue weighted by atomic mass is 35.5. The van der Waals surface area contributed by atoms with E-state index in [9.17, 15) is 4.79 Å². The average molecular weight is 383 g/mol. The summed E-state index contributed by atoms with van der Waals surface area (Å²) in [6.07, 6.45) is 0. The molecule has 0 saturated carbocycles. The fourth-order valence-electron chi connectivity index (χ4n) is 3.66. The fourth-order valence-corrected chi connectivity index (χ4v) is 3.89. The first-order valence-electron chi connectivity index (χ1n) is 9.28. The van der Waals surface area contributed by atoms with E-state index in [-0.39, 0.29) is 5.91 Å².